The van der Waals surface area contributed by atoms with E-state index in [9.17, 15) is 22.8 Å². The molecule has 1 unspecified atom stereocenters. The Morgan fingerprint density at radius 1 is 1.18 bits per heavy atom. The van der Waals surface area contributed by atoms with Crippen LogP contribution in [0.4, 0.5) is 18.0 Å². The molecule has 10 heteroatoms. The van der Waals surface area contributed by atoms with E-state index < -0.39 is 17.6 Å². The number of nitrogens with zero attached hydrogens (tertiary/aromatic N) is 4. The summed E-state index contributed by atoms with van der Waals surface area (Å²) < 4.78 is 40.7. The van der Waals surface area contributed by atoms with Gasteiger partial charge in [-0.15, -0.1) is 0 Å². The Balaban J connectivity index is 1.60. The Morgan fingerprint density at radius 2 is 1.97 bits per heavy atom. The van der Waals surface area contributed by atoms with Crippen molar-refractivity contribution in [1.29, 1.82) is 0 Å². The van der Waals surface area contributed by atoms with Crippen LogP contribution in [0.3, 0.4) is 0 Å². The highest BCUT2D eigenvalue weighted by Crippen LogP contribution is 2.33. The number of benzene rings is 1. The molecule has 4 rings (SSSR count). The summed E-state index contributed by atoms with van der Waals surface area (Å²) in [7, 11) is 3.38. The third-order valence-electron chi connectivity index (χ3n) is 5.68. The smallest absolute Gasteiger partial charge is 0.347 e. The van der Waals surface area contributed by atoms with Crippen molar-refractivity contribution in [2.45, 2.75) is 31.6 Å². The van der Waals surface area contributed by atoms with Crippen LogP contribution in [0.5, 0.6) is 0 Å². The van der Waals surface area contributed by atoms with E-state index in [-0.39, 0.29) is 24.3 Å². The largest absolute Gasteiger partial charge is 0.416 e. The fourth-order valence-corrected chi connectivity index (χ4v) is 4.11. The minimum Gasteiger partial charge on any atom is -0.347 e. The normalized spacial score (nSPS) is 16.3. The summed E-state index contributed by atoms with van der Waals surface area (Å²) in [6.45, 7) is 0.527. The Labute approximate surface area is 188 Å². The lowest BCUT2D eigenvalue weighted by atomic mass is 10.1. The first-order valence-electron chi connectivity index (χ1n) is 10.6. The van der Waals surface area contributed by atoms with Crippen molar-refractivity contribution in [2.75, 3.05) is 20.6 Å². The predicted octanol–water partition coefficient (Wildman–Crippen LogP) is 4.10. The number of amides is 3. The number of carbonyl (C=O) groups excluding carboxylic acids is 2. The first-order chi connectivity index (χ1) is 15.7. The van der Waals surface area contributed by atoms with Crippen molar-refractivity contribution < 1.29 is 22.8 Å². The van der Waals surface area contributed by atoms with E-state index in [4.69, 9.17) is 0 Å². The molecule has 3 amide bonds. The van der Waals surface area contributed by atoms with Crippen LogP contribution in [0.2, 0.25) is 0 Å². The van der Waals surface area contributed by atoms with E-state index >= 15 is 0 Å². The van der Waals surface area contributed by atoms with Crippen molar-refractivity contribution >= 4 is 17.5 Å². The van der Waals surface area contributed by atoms with Gasteiger partial charge in [-0.25, -0.2) is 9.78 Å². The number of pyridine rings is 1. The average Bonchev–Trinajstić information content (AvgIpc) is 3.41. The van der Waals surface area contributed by atoms with Crippen LogP contribution in [0.25, 0.3) is 5.52 Å². The topological polar surface area (TPSA) is 70.0 Å². The molecule has 1 N–H and O–H groups in total. The molecule has 7 nitrogen and oxygen atoms in total. The van der Waals surface area contributed by atoms with Gasteiger partial charge in [-0.3, -0.25) is 4.79 Å². The van der Waals surface area contributed by atoms with E-state index in [0.717, 1.165) is 25.0 Å². The van der Waals surface area contributed by atoms with E-state index in [2.05, 4.69) is 10.3 Å². The molecular weight excluding hydrogens is 435 g/mol. The van der Waals surface area contributed by atoms with Gasteiger partial charge in [-0.05, 0) is 42.7 Å². The van der Waals surface area contributed by atoms with Gasteiger partial charge < -0.3 is 19.5 Å². The third kappa shape index (κ3) is 4.50. The Kier molecular flexibility index (Phi) is 6.01. The first kappa shape index (κ1) is 22.6. The van der Waals surface area contributed by atoms with Crippen molar-refractivity contribution in [2.24, 2.45) is 0 Å². The number of rotatable bonds is 4. The van der Waals surface area contributed by atoms with Crippen molar-refractivity contribution in [3.05, 3.63) is 71.3 Å². The molecule has 1 fully saturated rings. The summed E-state index contributed by atoms with van der Waals surface area (Å²) >= 11 is 0. The summed E-state index contributed by atoms with van der Waals surface area (Å²) in [6, 6.07) is 9.78. The minimum absolute atomic E-state index is 0.0708. The Bertz CT molecular complexity index is 1190. The van der Waals surface area contributed by atoms with Crippen LogP contribution < -0.4 is 5.32 Å². The van der Waals surface area contributed by atoms with Crippen molar-refractivity contribution in [1.82, 2.24) is 24.5 Å². The van der Waals surface area contributed by atoms with Gasteiger partial charge >= 0.3 is 12.2 Å². The van der Waals surface area contributed by atoms with Crippen LogP contribution in [-0.2, 0) is 12.7 Å². The molecule has 0 saturated carbocycles. The standard InChI is InChI=1S/C23H24F3N5O2/c1-29(2)22(33)31-12-6-10-18(31)20-28-19(17-9-3-4-11-30(17)20)21(32)27-14-15-7-5-8-16(13-15)23(24,25)26/h3-5,7-9,11,13,18H,6,10,12,14H2,1-2H3,(H,27,32). The highest BCUT2D eigenvalue weighted by Gasteiger charge is 2.35. The van der Waals surface area contributed by atoms with Gasteiger partial charge in [0.25, 0.3) is 5.91 Å². The molecule has 0 aliphatic carbocycles. The maximum atomic E-state index is 13.0. The van der Waals surface area contributed by atoms with Crippen LogP contribution in [0.15, 0.2) is 48.7 Å². The van der Waals surface area contributed by atoms with Gasteiger partial charge in [-0.2, -0.15) is 13.2 Å². The molecule has 1 aliphatic heterocycles. The van der Waals surface area contributed by atoms with Crippen LogP contribution >= 0.6 is 0 Å². The lowest BCUT2D eigenvalue weighted by Crippen LogP contribution is -2.39. The highest BCUT2D eigenvalue weighted by molar-refractivity contribution is 5.99. The van der Waals surface area contributed by atoms with Gasteiger partial charge in [0.2, 0.25) is 0 Å². The molecule has 1 aromatic carbocycles. The molecule has 0 spiro atoms. The van der Waals surface area contributed by atoms with E-state index in [0.29, 0.717) is 23.4 Å². The molecule has 2 aromatic heterocycles. The Morgan fingerprint density at radius 3 is 2.70 bits per heavy atom. The van der Waals surface area contributed by atoms with Gasteiger partial charge in [0.15, 0.2) is 5.69 Å². The second-order valence-corrected chi connectivity index (χ2v) is 8.18. The molecule has 0 radical (unpaired) electrons. The fourth-order valence-electron chi connectivity index (χ4n) is 4.11. The van der Waals surface area contributed by atoms with Gasteiger partial charge in [-0.1, -0.05) is 18.2 Å². The van der Waals surface area contributed by atoms with Gasteiger partial charge in [0.05, 0.1) is 17.1 Å². The average molecular weight is 459 g/mol. The fraction of sp³-hybridized carbons (Fsp3) is 0.348. The molecule has 1 saturated heterocycles. The number of halogens is 3. The molecule has 3 heterocycles. The summed E-state index contributed by atoms with van der Waals surface area (Å²) in [5, 5.41) is 2.67. The molecular formula is C23H24F3N5O2. The molecule has 33 heavy (non-hydrogen) atoms. The lowest BCUT2D eigenvalue weighted by Gasteiger charge is -2.27. The molecule has 1 aliphatic rings. The number of imidazole rings is 1. The number of urea groups is 1. The highest BCUT2D eigenvalue weighted by atomic mass is 19.4. The number of hydrogen-bond donors (Lipinski definition) is 1. The Hall–Kier alpha value is -3.56. The lowest BCUT2D eigenvalue weighted by molar-refractivity contribution is -0.137. The molecule has 174 valence electrons. The summed E-state index contributed by atoms with van der Waals surface area (Å²) in [4.78, 5) is 33.4. The summed E-state index contributed by atoms with van der Waals surface area (Å²) in [5.41, 5.74) is 0.302. The maximum Gasteiger partial charge on any atom is 0.416 e. The SMILES string of the molecule is CN(C)C(=O)N1CCCC1c1nc(C(=O)NCc2cccc(C(F)(F)F)c2)c2ccccn12. The third-order valence-corrected chi connectivity index (χ3v) is 5.68. The van der Waals surface area contributed by atoms with Crippen molar-refractivity contribution in [3.63, 3.8) is 0 Å². The molecule has 1 atom stereocenters. The maximum absolute atomic E-state index is 13.0. The zero-order valence-corrected chi connectivity index (χ0v) is 18.3. The van der Waals surface area contributed by atoms with E-state index in [1.165, 1.54) is 17.0 Å². The number of alkyl halides is 3. The number of nitrogens with one attached hydrogen (secondary N) is 1. The number of hydrogen-bond acceptors (Lipinski definition) is 3. The van der Waals surface area contributed by atoms with Crippen LogP contribution in [0, 0.1) is 0 Å². The number of carbonyl (C=O) groups is 2. The number of aromatic nitrogens is 2. The van der Waals surface area contributed by atoms with Crippen molar-refractivity contribution in [3.8, 4) is 0 Å². The zero-order valence-electron chi connectivity index (χ0n) is 18.3. The van der Waals surface area contributed by atoms with Gasteiger partial charge in [0, 0.05) is 33.4 Å². The minimum atomic E-state index is -4.45. The van der Waals surface area contributed by atoms with Crippen LogP contribution in [-0.4, -0.2) is 51.8 Å². The summed E-state index contributed by atoms with van der Waals surface area (Å²) in [5.74, 6) is 0.0911. The quantitative estimate of drug-likeness (QED) is 0.639. The van der Waals surface area contributed by atoms with E-state index in [1.807, 2.05) is 6.07 Å². The van der Waals surface area contributed by atoms with Gasteiger partial charge in [0.1, 0.15) is 5.82 Å². The summed E-state index contributed by atoms with van der Waals surface area (Å²) in [6.07, 6.45) is -1.12. The molecule has 0 bridgehead atoms. The second-order valence-electron chi connectivity index (χ2n) is 8.18. The number of likely N-dealkylation sites (tertiary alicyclic amines) is 1. The number of fused-ring (bicyclic) bond motifs is 1. The second kappa shape index (κ2) is 8.76. The zero-order chi connectivity index (χ0) is 23.8. The predicted molar refractivity (Wildman–Crippen MR) is 116 cm³/mol. The first-order valence-corrected chi connectivity index (χ1v) is 10.6. The van der Waals surface area contributed by atoms with Crippen LogP contribution in [0.1, 0.15) is 46.3 Å². The monoisotopic (exact) mass is 459 g/mol. The molecule has 3 aromatic rings. The van der Waals surface area contributed by atoms with E-state index in [1.54, 1.807) is 41.7 Å².